The number of nitro groups is 1. The van der Waals surface area contributed by atoms with Gasteiger partial charge in [-0.25, -0.2) is 4.79 Å². The molecule has 0 bridgehead atoms. The highest BCUT2D eigenvalue weighted by Crippen LogP contribution is 2.24. The summed E-state index contributed by atoms with van der Waals surface area (Å²) < 4.78 is 0. The van der Waals surface area contributed by atoms with E-state index in [1.165, 1.54) is 6.07 Å². The SMILES string of the molecule is Cc1ccc([C@H](C)NC(=O)N(C)[C@H](C)c2cccnc2)cc1[N+](=O)[O-]. The third-order valence-electron chi connectivity index (χ3n) is 4.34. The van der Waals surface area contributed by atoms with Gasteiger partial charge in [0.1, 0.15) is 0 Å². The fourth-order valence-electron chi connectivity index (χ4n) is 2.49. The third kappa shape index (κ3) is 4.32. The monoisotopic (exact) mass is 342 g/mol. The van der Waals surface area contributed by atoms with Crippen LogP contribution in [0, 0.1) is 17.0 Å². The van der Waals surface area contributed by atoms with Gasteiger partial charge in [0.15, 0.2) is 0 Å². The Morgan fingerprint density at radius 1 is 1.28 bits per heavy atom. The van der Waals surface area contributed by atoms with E-state index in [1.807, 2.05) is 19.1 Å². The first-order valence-electron chi connectivity index (χ1n) is 7.99. The highest BCUT2D eigenvalue weighted by atomic mass is 16.6. The molecule has 0 aliphatic rings. The zero-order chi connectivity index (χ0) is 18.6. The molecule has 7 heteroatoms. The summed E-state index contributed by atoms with van der Waals surface area (Å²) in [6.45, 7) is 5.40. The van der Waals surface area contributed by atoms with Gasteiger partial charge >= 0.3 is 6.03 Å². The summed E-state index contributed by atoms with van der Waals surface area (Å²) in [5.41, 5.74) is 2.26. The molecule has 2 atom stereocenters. The van der Waals surface area contributed by atoms with Crippen LogP contribution in [0.3, 0.4) is 0 Å². The number of rotatable bonds is 5. The molecule has 2 aromatic rings. The fourth-order valence-corrected chi connectivity index (χ4v) is 2.49. The van der Waals surface area contributed by atoms with Gasteiger partial charge < -0.3 is 10.2 Å². The number of benzene rings is 1. The summed E-state index contributed by atoms with van der Waals surface area (Å²) in [7, 11) is 1.71. The number of aryl methyl sites for hydroxylation is 1. The number of nitrogens with one attached hydrogen (secondary N) is 1. The van der Waals surface area contributed by atoms with Crippen LogP contribution in [0.25, 0.3) is 0 Å². The lowest BCUT2D eigenvalue weighted by molar-refractivity contribution is -0.385. The van der Waals surface area contributed by atoms with Crippen LogP contribution in [0.15, 0.2) is 42.7 Å². The number of carbonyl (C=O) groups excluding carboxylic acids is 1. The van der Waals surface area contributed by atoms with Crippen molar-refractivity contribution >= 4 is 11.7 Å². The van der Waals surface area contributed by atoms with Crippen molar-refractivity contribution in [1.82, 2.24) is 15.2 Å². The lowest BCUT2D eigenvalue weighted by Gasteiger charge is -2.27. The zero-order valence-electron chi connectivity index (χ0n) is 14.8. The minimum Gasteiger partial charge on any atom is -0.331 e. The van der Waals surface area contributed by atoms with E-state index in [9.17, 15) is 14.9 Å². The first-order valence-corrected chi connectivity index (χ1v) is 7.99. The molecule has 1 aromatic carbocycles. The van der Waals surface area contributed by atoms with Gasteiger partial charge in [-0.3, -0.25) is 15.1 Å². The molecule has 0 fully saturated rings. The van der Waals surface area contributed by atoms with Gasteiger partial charge in [-0.1, -0.05) is 18.2 Å². The van der Waals surface area contributed by atoms with Crippen molar-refractivity contribution in [3.63, 3.8) is 0 Å². The largest absolute Gasteiger partial charge is 0.331 e. The quantitative estimate of drug-likeness (QED) is 0.662. The van der Waals surface area contributed by atoms with Crippen LogP contribution in [0.5, 0.6) is 0 Å². The molecule has 0 radical (unpaired) electrons. The minimum absolute atomic E-state index is 0.0516. The van der Waals surface area contributed by atoms with Crippen LogP contribution in [-0.2, 0) is 0 Å². The van der Waals surface area contributed by atoms with Crippen molar-refractivity contribution < 1.29 is 9.72 Å². The molecule has 1 aromatic heterocycles. The Hall–Kier alpha value is -2.96. The molecule has 25 heavy (non-hydrogen) atoms. The normalized spacial score (nSPS) is 13.0. The molecule has 0 aliphatic heterocycles. The Bertz CT molecular complexity index is 764. The van der Waals surface area contributed by atoms with Crippen molar-refractivity contribution in [3.05, 3.63) is 69.5 Å². The average Bonchev–Trinajstić information content (AvgIpc) is 2.61. The molecule has 1 heterocycles. The van der Waals surface area contributed by atoms with E-state index < -0.39 is 4.92 Å². The van der Waals surface area contributed by atoms with Gasteiger partial charge in [0, 0.05) is 31.1 Å². The summed E-state index contributed by atoms with van der Waals surface area (Å²) in [4.78, 5) is 28.8. The van der Waals surface area contributed by atoms with Gasteiger partial charge in [0.2, 0.25) is 0 Å². The number of nitro benzene ring substituents is 1. The molecule has 7 nitrogen and oxygen atoms in total. The van der Waals surface area contributed by atoms with E-state index in [1.54, 1.807) is 50.3 Å². The number of nitrogens with zero attached hydrogens (tertiary/aromatic N) is 3. The minimum atomic E-state index is -0.413. The van der Waals surface area contributed by atoms with Crippen LogP contribution >= 0.6 is 0 Å². The lowest BCUT2D eigenvalue weighted by atomic mass is 10.0. The number of hydrogen-bond donors (Lipinski definition) is 1. The Morgan fingerprint density at radius 3 is 2.60 bits per heavy atom. The van der Waals surface area contributed by atoms with Crippen molar-refractivity contribution in [1.29, 1.82) is 0 Å². The standard InChI is InChI=1S/C18H22N4O3/c1-12-7-8-15(10-17(12)22(24)25)13(2)20-18(23)21(4)14(3)16-6-5-9-19-11-16/h5-11,13-14H,1-4H3,(H,20,23)/t13-,14+/m0/s1. The Kier molecular flexibility index (Phi) is 5.69. The molecular formula is C18H22N4O3. The average molecular weight is 342 g/mol. The van der Waals surface area contributed by atoms with Crippen LogP contribution in [0.1, 0.15) is 42.6 Å². The number of hydrogen-bond acceptors (Lipinski definition) is 4. The number of carbonyl (C=O) groups is 1. The fraction of sp³-hybridized carbons (Fsp3) is 0.333. The summed E-state index contributed by atoms with van der Waals surface area (Å²) in [5, 5.41) is 14.0. The lowest BCUT2D eigenvalue weighted by Crippen LogP contribution is -2.40. The number of pyridine rings is 1. The molecule has 0 saturated heterocycles. The molecule has 2 amide bonds. The highest BCUT2D eigenvalue weighted by molar-refractivity contribution is 5.75. The molecule has 1 N–H and O–H groups in total. The first-order chi connectivity index (χ1) is 11.8. The first kappa shape index (κ1) is 18.4. The van der Waals surface area contributed by atoms with Crippen LogP contribution in [0.2, 0.25) is 0 Å². The van der Waals surface area contributed by atoms with E-state index in [-0.39, 0.29) is 23.8 Å². The summed E-state index contributed by atoms with van der Waals surface area (Å²) in [6, 6.07) is 7.97. The second kappa shape index (κ2) is 7.74. The summed E-state index contributed by atoms with van der Waals surface area (Å²) in [5.74, 6) is 0. The van der Waals surface area contributed by atoms with Gasteiger partial charge in [-0.2, -0.15) is 0 Å². The maximum absolute atomic E-state index is 12.5. The van der Waals surface area contributed by atoms with Crippen molar-refractivity contribution in [2.45, 2.75) is 32.9 Å². The van der Waals surface area contributed by atoms with Gasteiger partial charge in [0.05, 0.1) is 17.0 Å². The molecule has 132 valence electrons. The van der Waals surface area contributed by atoms with E-state index in [2.05, 4.69) is 10.3 Å². The number of amides is 2. The second-order valence-electron chi connectivity index (χ2n) is 6.05. The van der Waals surface area contributed by atoms with E-state index in [4.69, 9.17) is 0 Å². The zero-order valence-corrected chi connectivity index (χ0v) is 14.8. The summed E-state index contributed by atoms with van der Waals surface area (Å²) >= 11 is 0. The Balaban J connectivity index is 2.09. The van der Waals surface area contributed by atoms with E-state index in [0.717, 1.165) is 5.56 Å². The molecule has 0 unspecified atom stereocenters. The van der Waals surface area contributed by atoms with Crippen LogP contribution in [-0.4, -0.2) is 27.9 Å². The van der Waals surface area contributed by atoms with Crippen LogP contribution in [0.4, 0.5) is 10.5 Å². The topological polar surface area (TPSA) is 88.4 Å². The van der Waals surface area contributed by atoms with E-state index >= 15 is 0 Å². The van der Waals surface area contributed by atoms with Gasteiger partial charge in [-0.05, 0) is 38.0 Å². The third-order valence-corrected chi connectivity index (χ3v) is 4.34. The maximum Gasteiger partial charge on any atom is 0.318 e. The molecule has 0 aliphatic carbocycles. The number of urea groups is 1. The predicted molar refractivity (Wildman–Crippen MR) is 95.2 cm³/mol. The summed E-state index contributed by atoms with van der Waals surface area (Å²) in [6.07, 6.45) is 3.41. The molecule has 0 spiro atoms. The van der Waals surface area contributed by atoms with Gasteiger partial charge in [0.25, 0.3) is 5.69 Å². The maximum atomic E-state index is 12.5. The predicted octanol–water partition coefficient (Wildman–Crippen LogP) is 3.76. The van der Waals surface area contributed by atoms with Crippen LogP contribution < -0.4 is 5.32 Å². The van der Waals surface area contributed by atoms with Gasteiger partial charge in [-0.15, -0.1) is 0 Å². The Morgan fingerprint density at radius 2 is 2.00 bits per heavy atom. The van der Waals surface area contributed by atoms with Crippen molar-refractivity contribution in [3.8, 4) is 0 Å². The highest BCUT2D eigenvalue weighted by Gasteiger charge is 2.21. The van der Waals surface area contributed by atoms with Crippen molar-refractivity contribution in [2.24, 2.45) is 0 Å². The van der Waals surface area contributed by atoms with E-state index in [0.29, 0.717) is 11.1 Å². The number of aromatic nitrogens is 1. The smallest absolute Gasteiger partial charge is 0.318 e. The molecule has 2 rings (SSSR count). The molecular weight excluding hydrogens is 320 g/mol. The Labute approximate surface area is 146 Å². The second-order valence-corrected chi connectivity index (χ2v) is 6.05. The molecule has 0 saturated carbocycles. The van der Waals surface area contributed by atoms with Crippen molar-refractivity contribution in [2.75, 3.05) is 7.05 Å².